The van der Waals surface area contributed by atoms with Crippen molar-refractivity contribution in [1.29, 1.82) is 0 Å². The minimum absolute atomic E-state index is 0.272. The SMILES string of the molecule is O=C(O)NCC(=O)N1CCCc2cc(F)ccc21. The Labute approximate surface area is 103 Å². The number of hydrogen-bond acceptors (Lipinski definition) is 2. The smallest absolute Gasteiger partial charge is 0.405 e. The molecule has 0 saturated heterocycles. The van der Waals surface area contributed by atoms with Crippen molar-refractivity contribution >= 4 is 17.7 Å². The molecule has 0 radical (unpaired) electrons. The molecular formula is C12H13FN2O3. The number of fused-ring (bicyclic) bond motifs is 1. The van der Waals surface area contributed by atoms with Gasteiger partial charge in [-0.15, -0.1) is 0 Å². The quantitative estimate of drug-likeness (QED) is 0.835. The first-order chi connectivity index (χ1) is 8.58. The average Bonchev–Trinajstić information content (AvgIpc) is 2.34. The van der Waals surface area contributed by atoms with Crippen LogP contribution in [0.5, 0.6) is 0 Å². The van der Waals surface area contributed by atoms with Gasteiger partial charge in [0, 0.05) is 12.2 Å². The van der Waals surface area contributed by atoms with Crippen molar-refractivity contribution in [2.45, 2.75) is 12.8 Å². The van der Waals surface area contributed by atoms with Gasteiger partial charge in [-0.3, -0.25) is 4.79 Å². The molecule has 1 aromatic carbocycles. The number of nitrogens with one attached hydrogen (secondary N) is 1. The lowest BCUT2D eigenvalue weighted by Gasteiger charge is -2.29. The van der Waals surface area contributed by atoms with E-state index in [1.54, 1.807) is 6.07 Å². The number of amides is 2. The molecule has 1 heterocycles. The van der Waals surface area contributed by atoms with Crippen molar-refractivity contribution < 1.29 is 19.1 Å². The summed E-state index contributed by atoms with van der Waals surface area (Å²) in [6.45, 7) is 0.255. The Morgan fingerprint density at radius 1 is 1.44 bits per heavy atom. The zero-order chi connectivity index (χ0) is 13.1. The Kier molecular flexibility index (Phi) is 3.45. The van der Waals surface area contributed by atoms with E-state index < -0.39 is 6.09 Å². The van der Waals surface area contributed by atoms with Crippen LogP contribution in [0, 0.1) is 5.82 Å². The van der Waals surface area contributed by atoms with Crippen LogP contribution < -0.4 is 10.2 Å². The Hall–Kier alpha value is -2.11. The predicted molar refractivity (Wildman–Crippen MR) is 63.1 cm³/mol. The van der Waals surface area contributed by atoms with Crippen LogP contribution in [0.4, 0.5) is 14.9 Å². The molecule has 0 aromatic heterocycles. The lowest BCUT2D eigenvalue weighted by molar-refractivity contribution is -0.117. The summed E-state index contributed by atoms with van der Waals surface area (Å²) in [6.07, 6.45) is 0.234. The molecule has 0 bridgehead atoms. The maximum atomic E-state index is 13.1. The second kappa shape index (κ2) is 5.03. The monoisotopic (exact) mass is 252 g/mol. The first-order valence-electron chi connectivity index (χ1n) is 5.63. The Morgan fingerprint density at radius 2 is 2.22 bits per heavy atom. The number of anilines is 1. The van der Waals surface area contributed by atoms with E-state index in [9.17, 15) is 14.0 Å². The second-order valence-corrected chi connectivity index (χ2v) is 4.08. The summed E-state index contributed by atoms with van der Waals surface area (Å²) in [6, 6.07) is 4.27. The zero-order valence-electron chi connectivity index (χ0n) is 9.65. The van der Waals surface area contributed by atoms with Gasteiger partial charge in [-0.2, -0.15) is 0 Å². The summed E-state index contributed by atoms with van der Waals surface area (Å²) in [5.41, 5.74) is 1.45. The maximum Gasteiger partial charge on any atom is 0.405 e. The summed E-state index contributed by atoms with van der Waals surface area (Å²) < 4.78 is 13.1. The summed E-state index contributed by atoms with van der Waals surface area (Å²) in [5.74, 6) is -0.656. The van der Waals surface area contributed by atoms with Crippen LogP contribution in [0.1, 0.15) is 12.0 Å². The number of carboxylic acid groups (broad SMARTS) is 1. The molecule has 6 heteroatoms. The fraction of sp³-hybridized carbons (Fsp3) is 0.333. The van der Waals surface area contributed by atoms with Crippen LogP contribution >= 0.6 is 0 Å². The normalized spacial score (nSPS) is 13.9. The minimum Gasteiger partial charge on any atom is -0.465 e. The van der Waals surface area contributed by atoms with Crippen molar-refractivity contribution in [3.8, 4) is 0 Å². The molecule has 1 aliphatic heterocycles. The van der Waals surface area contributed by atoms with Crippen LogP contribution in [-0.4, -0.2) is 30.2 Å². The van der Waals surface area contributed by atoms with Gasteiger partial charge in [0.15, 0.2) is 0 Å². The van der Waals surface area contributed by atoms with Crippen LogP contribution in [0.3, 0.4) is 0 Å². The molecule has 1 aromatic rings. The second-order valence-electron chi connectivity index (χ2n) is 4.08. The third kappa shape index (κ3) is 2.58. The Bertz CT molecular complexity index is 490. The zero-order valence-corrected chi connectivity index (χ0v) is 9.65. The van der Waals surface area contributed by atoms with Crippen LogP contribution in [-0.2, 0) is 11.2 Å². The number of hydrogen-bond donors (Lipinski definition) is 2. The largest absolute Gasteiger partial charge is 0.465 e. The van der Waals surface area contributed by atoms with Gasteiger partial charge >= 0.3 is 6.09 Å². The molecule has 0 atom stereocenters. The summed E-state index contributed by atoms with van der Waals surface area (Å²) >= 11 is 0. The van der Waals surface area contributed by atoms with Crippen LogP contribution in [0.25, 0.3) is 0 Å². The van der Waals surface area contributed by atoms with Gasteiger partial charge in [-0.1, -0.05) is 0 Å². The number of aryl methyl sites for hydroxylation is 1. The Balaban J connectivity index is 2.17. The average molecular weight is 252 g/mol. The maximum absolute atomic E-state index is 13.1. The van der Waals surface area contributed by atoms with Gasteiger partial charge in [-0.05, 0) is 36.6 Å². The van der Waals surface area contributed by atoms with E-state index in [0.717, 1.165) is 18.4 Å². The molecule has 0 saturated carbocycles. The molecular weight excluding hydrogens is 239 g/mol. The molecule has 1 aliphatic rings. The summed E-state index contributed by atoms with van der Waals surface area (Å²) in [5, 5.41) is 10.5. The van der Waals surface area contributed by atoms with Crippen LogP contribution in [0.15, 0.2) is 18.2 Å². The van der Waals surface area contributed by atoms with Crippen molar-refractivity contribution in [1.82, 2.24) is 5.32 Å². The summed E-state index contributed by atoms with van der Waals surface area (Å²) in [7, 11) is 0. The number of rotatable bonds is 2. The molecule has 5 nitrogen and oxygen atoms in total. The highest BCUT2D eigenvalue weighted by atomic mass is 19.1. The molecule has 0 spiro atoms. The van der Waals surface area contributed by atoms with Gasteiger partial charge in [0.25, 0.3) is 0 Å². The first kappa shape index (κ1) is 12.3. The highest BCUT2D eigenvalue weighted by Gasteiger charge is 2.22. The van der Waals surface area contributed by atoms with E-state index >= 15 is 0 Å². The van der Waals surface area contributed by atoms with Crippen molar-refractivity contribution in [3.05, 3.63) is 29.6 Å². The van der Waals surface area contributed by atoms with Gasteiger partial charge in [0.1, 0.15) is 12.4 Å². The highest BCUT2D eigenvalue weighted by molar-refractivity contribution is 5.97. The molecule has 18 heavy (non-hydrogen) atoms. The van der Waals surface area contributed by atoms with Gasteiger partial charge in [0.2, 0.25) is 5.91 Å². The molecule has 0 unspecified atom stereocenters. The number of carbonyl (C=O) groups excluding carboxylic acids is 1. The summed E-state index contributed by atoms with van der Waals surface area (Å²) in [4.78, 5) is 23.7. The van der Waals surface area contributed by atoms with Crippen molar-refractivity contribution in [2.75, 3.05) is 18.0 Å². The fourth-order valence-corrected chi connectivity index (χ4v) is 2.07. The van der Waals surface area contributed by atoms with Crippen LogP contribution in [0.2, 0.25) is 0 Å². The van der Waals surface area contributed by atoms with Gasteiger partial charge < -0.3 is 15.3 Å². The van der Waals surface area contributed by atoms with E-state index in [2.05, 4.69) is 0 Å². The van der Waals surface area contributed by atoms with E-state index in [-0.39, 0.29) is 18.3 Å². The minimum atomic E-state index is -1.24. The van der Waals surface area contributed by atoms with E-state index in [0.29, 0.717) is 12.2 Å². The van der Waals surface area contributed by atoms with Crippen molar-refractivity contribution in [3.63, 3.8) is 0 Å². The van der Waals surface area contributed by atoms with Gasteiger partial charge in [-0.25, -0.2) is 9.18 Å². The molecule has 0 fully saturated rings. The highest BCUT2D eigenvalue weighted by Crippen LogP contribution is 2.27. The van der Waals surface area contributed by atoms with E-state index in [1.165, 1.54) is 17.0 Å². The predicted octanol–water partition coefficient (Wildman–Crippen LogP) is 1.37. The number of nitrogens with zero attached hydrogens (tertiary/aromatic N) is 1. The van der Waals surface area contributed by atoms with Crippen molar-refractivity contribution in [2.24, 2.45) is 0 Å². The molecule has 0 aliphatic carbocycles. The number of benzene rings is 1. The topological polar surface area (TPSA) is 69.6 Å². The standard InChI is InChI=1S/C12H13FN2O3/c13-9-3-4-10-8(6-9)2-1-5-15(10)11(16)7-14-12(17)18/h3-4,6,14H,1-2,5,7H2,(H,17,18). The van der Waals surface area contributed by atoms with E-state index in [4.69, 9.17) is 5.11 Å². The lowest BCUT2D eigenvalue weighted by atomic mass is 10.0. The lowest BCUT2D eigenvalue weighted by Crippen LogP contribution is -2.42. The Morgan fingerprint density at radius 3 is 2.94 bits per heavy atom. The third-order valence-electron chi connectivity index (χ3n) is 2.85. The number of carbonyl (C=O) groups is 2. The molecule has 2 N–H and O–H groups in total. The molecule has 96 valence electrons. The fourth-order valence-electron chi connectivity index (χ4n) is 2.07. The third-order valence-corrected chi connectivity index (χ3v) is 2.85. The molecule has 2 amide bonds. The number of halogens is 1. The molecule has 2 rings (SSSR count). The van der Waals surface area contributed by atoms with E-state index in [1.807, 2.05) is 5.32 Å². The van der Waals surface area contributed by atoms with Gasteiger partial charge in [0.05, 0.1) is 0 Å². The first-order valence-corrected chi connectivity index (χ1v) is 5.63.